The highest BCUT2D eigenvalue weighted by Gasteiger charge is 1.76. The minimum atomic E-state index is 0.500. The van der Waals surface area contributed by atoms with Gasteiger partial charge >= 0.3 is 0 Å². The van der Waals surface area contributed by atoms with Crippen LogP contribution in [0.3, 0.4) is 0 Å². The van der Waals surface area contributed by atoms with Gasteiger partial charge in [-0.2, -0.15) is 0 Å². The van der Waals surface area contributed by atoms with Crippen LogP contribution >= 0.6 is 0 Å². The topological polar surface area (TPSA) is 52.7 Å². The number of pyridine rings is 1. The van der Waals surface area contributed by atoms with Crippen molar-refractivity contribution in [2.24, 2.45) is 0 Å². The Morgan fingerprint density at radius 2 is 1.54 bits per heavy atom. The third-order valence-corrected chi connectivity index (χ3v) is 1.16. The minimum absolute atomic E-state index is 0.500. The second kappa shape index (κ2) is 5.65. The van der Waals surface area contributed by atoms with Gasteiger partial charge in [-0.25, -0.2) is 0 Å². The maximum atomic E-state index is 10.1. The lowest BCUT2D eigenvalue weighted by Crippen LogP contribution is -2.28. The normalized spacial score (nSPS) is 8.31. The largest absolute Gasteiger partial charge is 0.594 e. The fourth-order valence-electron chi connectivity index (χ4n) is 0.628. The average Bonchev–Trinajstić information content (AvgIpc) is 2.22. The molecular formula is C9H9N3O. The molecule has 2 rings (SSSR count). The lowest BCUT2D eigenvalue weighted by Gasteiger charge is -1.84. The molecule has 0 N–H and O–H groups in total. The first-order chi connectivity index (χ1) is 6.39. The zero-order valence-electron chi connectivity index (χ0n) is 6.95. The Labute approximate surface area is 76.1 Å². The second-order valence-electron chi connectivity index (χ2n) is 2.13. The fraction of sp³-hybridized carbons (Fsp3) is 0. The summed E-state index contributed by atoms with van der Waals surface area (Å²) >= 11 is 0. The molecular weight excluding hydrogens is 166 g/mol. The summed E-state index contributed by atoms with van der Waals surface area (Å²) in [5.74, 6) is 0. The van der Waals surface area contributed by atoms with E-state index < -0.39 is 0 Å². The van der Waals surface area contributed by atoms with Gasteiger partial charge in [-0.05, 0) is 18.2 Å². The van der Waals surface area contributed by atoms with Crippen LogP contribution in [0.5, 0.6) is 0 Å². The molecule has 0 unspecified atom stereocenters. The Morgan fingerprint density at radius 3 is 1.77 bits per heavy atom. The van der Waals surface area contributed by atoms with E-state index in [-0.39, 0.29) is 0 Å². The van der Waals surface area contributed by atoms with Crippen molar-refractivity contribution in [1.82, 2.24) is 10.1 Å². The molecule has 0 aromatic carbocycles. The molecule has 13 heavy (non-hydrogen) atoms. The highest BCUT2D eigenvalue weighted by molar-refractivity contribution is 4.88. The summed E-state index contributed by atoms with van der Waals surface area (Å²) in [6.07, 6.45) is 6.27. The first-order valence-corrected chi connectivity index (χ1v) is 3.75. The predicted octanol–water partition coefficient (Wildman–Crippen LogP) is 0.797. The summed E-state index contributed by atoms with van der Waals surface area (Å²) in [6.45, 7) is 0. The van der Waals surface area contributed by atoms with E-state index in [0.717, 1.165) is 0 Å². The smallest absolute Gasteiger partial charge is 0.209 e. The van der Waals surface area contributed by atoms with Gasteiger partial charge in [-0.3, -0.25) is 4.98 Å². The first-order valence-electron chi connectivity index (χ1n) is 3.75. The fourth-order valence-corrected chi connectivity index (χ4v) is 0.628. The number of hydrogen-bond acceptors (Lipinski definition) is 3. The maximum Gasteiger partial charge on any atom is 0.209 e. The molecule has 2 heterocycles. The minimum Gasteiger partial charge on any atom is -0.594 e. The molecule has 4 nitrogen and oxygen atoms in total. The van der Waals surface area contributed by atoms with E-state index in [1.807, 2.05) is 18.2 Å². The molecule has 0 aliphatic heterocycles. The van der Waals surface area contributed by atoms with Crippen LogP contribution < -0.4 is 4.85 Å². The Hall–Kier alpha value is -1.97. The Morgan fingerprint density at radius 1 is 0.846 bits per heavy atom. The van der Waals surface area contributed by atoms with Crippen molar-refractivity contribution in [3.05, 3.63) is 60.3 Å². The molecule has 0 aliphatic rings. The van der Waals surface area contributed by atoms with Crippen LogP contribution in [0.2, 0.25) is 0 Å². The van der Waals surface area contributed by atoms with E-state index in [4.69, 9.17) is 0 Å². The standard InChI is InChI=1S/C5H5N.C4H4N2O/c1-2-4-6-5-3-1;7-6-4-2-1-3-5-6/h1-5H;1-4H. The molecule has 0 radical (unpaired) electrons. The highest BCUT2D eigenvalue weighted by atomic mass is 16.5. The third-order valence-electron chi connectivity index (χ3n) is 1.16. The third kappa shape index (κ3) is 4.47. The van der Waals surface area contributed by atoms with E-state index in [1.165, 1.54) is 12.4 Å². The van der Waals surface area contributed by atoms with Crippen molar-refractivity contribution in [2.45, 2.75) is 0 Å². The summed E-state index contributed by atoms with van der Waals surface area (Å²) < 4.78 is 0. The van der Waals surface area contributed by atoms with Crippen molar-refractivity contribution in [2.75, 3.05) is 0 Å². The monoisotopic (exact) mass is 175 g/mol. The molecule has 4 heteroatoms. The molecule has 0 saturated carbocycles. The van der Waals surface area contributed by atoms with Gasteiger partial charge in [0.15, 0.2) is 0 Å². The van der Waals surface area contributed by atoms with E-state index in [0.29, 0.717) is 4.85 Å². The predicted molar refractivity (Wildman–Crippen MR) is 47.4 cm³/mol. The van der Waals surface area contributed by atoms with Crippen molar-refractivity contribution < 1.29 is 4.85 Å². The van der Waals surface area contributed by atoms with Crippen LogP contribution in [-0.2, 0) is 0 Å². The van der Waals surface area contributed by atoms with Gasteiger partial charge in [0.25, 0.3) is 0 Å². The number of rotatable bonds is 0. The molecule has 0 fully saturated rings. The van der Waals surface area contributed by atoms with Gasteiger partial charge < -0.3 is 5.21 Å². The average molecular weight is 175 g/mol. The van der Waals surface area contributed by atoms with Gasteiger partial charge in [0.2, 0.25) is 6.20 Å². The number of nitrogens with zero attached hydrogens (tertiary/aromatic N) is 3. The van der Waals surface area contributed by atoms with Crippen LogP contribution in [0.25, 0.3) is 0 Å². The van der Waals surface area contributed by atoms with Gasteiger partial charge in [0.1, 0.15) is 0 Å². The van der Waals surface area contributed by atoms with Gasteiger partial charge in [0.05, 0.1) is 6.20 Å². The molecule has 0 aliphatic carbocycles. The SMILES string of the molecule is [O-][n+]1ccccn1.c1ccncc1. The molecule has 0 saturated heterocycles. The Kier molecular flexibility index (Phi) is 3.96. The van der Waals surface area contributed by atoms with Crippen molar-refractivity contribution in [3.8, 4) is 0 Å². The molecule has 0 bridgehead atoms. The molecule has 2 aromatic rings. The number of hydrogen-bond donors (Lipinski definition) is 0. The molecule has 2 aromatic heterocycles. The highest BCUT2D eigenvalue weighted by Crippen LogP contribution is 1.73. The van der Waals surface area contributed by atoms with E-state index in [1.54, 1.807) is 24.5 Å². The van der Waals surface area contributed by atoms with Crippen molar-refractivity contribution in [1.29, 1.82) is 0 Å². The molecule has 66 valence electrons. The lowest BCUT2D eigenvalue weighted by atomic mass is 10.5. The van der Waals surface area contributed by atoms with E-state index in [9.17, 15) is 5.21 Å². The summed E-state index contributed by atoms with van der Waals surface area (Å²) in [4.78, 5) is 4.28. The quantitative estimate of drug-likeness (QED) is 0.439. The summed E-state index contributed by atoms with van der Waals surface area (Å²) in [5.41, 5.74) is 0. The molecule has 0 atom stereocenters. The summed E-state index contributed by atoms with van der Waals surface area (Å²) in [7, 11) is 0. The summed E-state index contributed by atoms with van der Waals surface area (Å²) in [6, 6.07) is 9.03. The van der Waals surface area contributed by atoms with Crippen LogP contribution in [-0.4, -0.2) is 10.1 Å². The van der Waals surface area contributed by atoms with Gasteiger partial charge in [0, 0.05) is 23.6 Å². The molecule has 0 spiro atoms. The van der Waals surface area contributed by atoms with Crippen LogP contribution in [0, 0.1) is 5.21 Å². The Balaban J connectivity index is 0.000000132. The van der Waals surface area contributed by atoms with Gasteiger partial charge in [-0.1, -0.05) is 10.9 Å². The van der Waals surface area contributed by atoms with E-state index in [2.05, 4.69) is 10.1 Å². The van der Waals surface area contributed by atoms with Crippen LogP contribution in [0.4, 0.5) is 0 Å². The van der Waals surface area contributed by atoms with Crippen LogP contribution in [0.15, 0.2) is 55.1 Å². The molecule has 0 amide bonds. The maximum absolute atomic E-state index is 10.1. The zero-order chi connectivity index (χ0) is 9.36. The first kappa shape index (κ1) is 9.12. The Bertz CT molecular complexity index is 285. The van der Waals surface area contributed by atoms with Gasteiger partial charge in [-0.15, -0.1) is 0 Å². The van der Waals surface area contributed by atoms with Crippen molar-refractivity contribution in [3.63, 3.8) is 0 Å². The lowest BCUT2D eigenvalue weighted by molar-refractivity contribution is -0.669. The van der Waals surface area contributed by atoms with Crippen LogP contribution in [0.1, 0.15) is 0 Å². The number of aromatic nitrogens is 3. The van der Waals surface area contributed by atoms with Crippen molar-refractivity contribution >= 4 is 0 Å². The summed E-state index contributed by atoms with van der Waals surface area (Å²) in [5, 5.41) is 13.4. The second-order valence-corrected chi connectivity index (χ2v) is 2.13. The zero-order valence-corrected chi connectivity index (χ0v) is 6.95. The van der Waals surface area contributed by atoms with E-state index >= 15 is 0 Å².